The largest absolute Gasteiger partial charge is 0.495 e. The molecule has 0 aliphatic carbocycles. The number of thiophene rings is 1. The Balaban J connectivity index is 0.00000225. The quantitative estimate of drug-likeness (QED) is 0.868. The van der Waals surface area contributed by atoms with Crippen LogP contribution in [-0.4, -0.2) is 25.6 Å². The maximum Gasteiger partial charge on any atom is 0.265 e. The van der Waals surface area contributed by atoms with E-state index in [-0.39, 0.29) is 24.4 Å². The number of rotatable bonds is 4. The van der Waals surface area contributed by atoms with Gasteiger partial charge in [0.15, 0.2) is 0 Å². The van der Waals surface area contributed by atoms with E-state index >= 15 is 0 Å². The molecule has 0 saturated heterocycles. The number of halogens is 1. The van der Waals surface area contributed by atoms with Crippen LogP contribution in [0.2, 0.25) is 0 Å². The highest BCUT2D eigenvalue weighted by molar-refractivity contribution is 7.14. The topological polar surface area (TPSA) is 64.3 Å². The molecule has 1 aromatic heterocycles. The molecule has 4 nitrogen and oxygen atoms in total. The molecule has 92 valence electrons. The average molecular weight is 265 g/mol. The maximum atomic E-state index is 11.8. The molecule has 0 fully saturated rings. The van der Waals surface area contributed by atoms with Gasteiger partial charge >= 0.3 is 0 Å². The highest BCUT2D eigenvalue weighted by atomic mass is 35.5. The fourth-order valence-corrected chi connectivity index (χ4v) is 2.03. The number of aryl methyl sites for hydroxylation is 1. The van der Waals surface area contributed by atoms with Crippen molar-refractivity contribution in [3.05, 3.63) is 15.8 Å². The first-order valence-electron chi connectivity index (χ1n) is 4.73. The summed E-state index contributed by atoms with van der Waals surface area (Å²) in [5, 5.41) is 2.80. The summed E-state index contributed by atoms with van der Waals surface area (Å²) in [6.45, 7) is 4.24. The molecular formula is C10H17ClN2O2S. The molecule has 0 aliphatic rings. The predicted octanol–water partition coefficient (Wildman–Crippen LogP) is 1.56. The van der Waals surface area contributed by atoms with Crippen molar-refractivity contribution in [3.8, 4) is 5.75 Å². The highest BCUT2D eigenvalue weighted by Gasteiger charge is 2.16. The molecule has 6 heteroatoms. The van der Waals surface area contributed by atoms with Gasteiger partial charge in [-0.25, -0.2) is 0 Å². The molecule has 0 unspecified atom stereocenters. The van der Waals surface area contributed by atoms with Gasteiger partial charge in [-0.1, -0.05) is 0 Å². The Bertz CT molecular complexity index is 355. The smallest absolute Gasteiger partial charge is 0.265 e. The van der Waals surface area contributed by atoms with Crippen LogP contribution in [0.4, 0.5) is 0 Å². The van der Waals surface area contributed by atoms with Crippen molar-refractivity contribution < 1.29 is 9.53 Å². The van der Waals surface area contributed by atoms with Gasteiger partial charge in [-0.2, -0.15) is 0 Å². The molecule has 0 aromatic carbocycles. The molecule has 16 heavy (non-hydrogen) atoms. The minimum absolute atomic E-state index is 0. The van der Waals surface area contributed by atoms with E-state index in [1.165, 1.54) is 11.3 Å². The lowest BCUT2D eigenvalue weighted by Gasteiger charge is -2.10. The Morgan fingerprint density at radius 3 is 2.81 bits per heavy atom. The number of methoxy groups -OCH3 is 1. The van der Waals surface area contributed by atoms with E-state index in [1.54, 1.807) is 7.11 Å². The molecule has 1 atom stereocenters. The molecule has 0 radical (unpaired) electrons. The van der Waals surface area contributed by atoms with E-state index in [0.717, 1.165) is 4.88 Å². The number of ether oxygens (including phenoxy) is 1. The van der Waals surface area contributed by atoms with Gasteiger partial charge in [0.05, 0.1) is 7.11 Å². The van der Waals surface area contributed by atoms with Crippen molar-refractivity contribution >= 4 is 29.7 Å². The van der Waals surface area contributed by atoms with Crippen LogP contribution in [0.3, 0.4) is 0 Å². The summed E-state index contributed by atoms with van der Waals surface area (Å²) in [7, 11) is 1.56. The predicted molar refractivity (Wildman–Crippen MR) is 68.8 cm³/mol. The summed E-state index contributed by atoms with van der Waals surface area (Å²) in [6, 6.07) is 1.83. The van der Waals surface area contributed by atoms with Crippen molar-refractivity contribution in [1.29, 1.82) is 0 Å². The first-order chi connectivity index (χ1) is 7.08. The maximum absolute atomic E-state index is 11.8. The first kappa shape index (κ1) is 15.2. The summed E-state index contributed by atoms with van der Waals surface area (Å²) in [4.78, 5) is 13.4. The van der Waals surface area contributed by atoms with Crippen molar-refractivity contribution in [1.82, 2.24) is 5.32 Å². The van der Waals surface area contributed by atoms with E-state index in [4.69, 9.17) is 10.5 Å². The summed E-state index contributed by atoms with van der Waals surface area (Å²) < 4.78 is 5.12. The van der Waals surface area contributed by atoms with Crippen LogP contribution in [0.1, 0.15) is 21.5 Å². The highest BCUT2D eigenvalue weighted by Crippen LogP contribution is 2.28. The Kier molecular flexibility index (Phi) is 6.40. The van der Waals surface area contributed by atoms with Crippen molar-refractivity contribution in [2.75, 3.05) is 13.7 Å². The number of carbonyl (C=O) groups excluding carboxylic acids is 1. The van der Waals surface area contributed by atoms with Gasteiger partial charge in [-0.3, -0.25) is 4.79 Å². The van der Waals surface area contributed by atoms with Crippen molar-refractivity contribution in [2.45, 2.75) is 19.9 Å². The number of nitrogens with two attached hydrogens (primary N) is 1. The standard InChI is InChI=1S/C10H16N2O2S.ClH/c1-6(5-11)12-10(13)9-8(14-3)4-7(2)15-9;/h4,6H,5,11H2,1-3H3,(H,12,13);1H/t6-;/m0./s1. The zero-order chi connectivity index (χ0) is 11.4. The van der Waals surface area contributed by atoms with Gasteiger partial charge in [0.25, 0.3) is 5.91 Å². The van der Waals surface area contributed by atoms with E-state index < -0.39 is 0 Å². The third-order valence-corrected chi connectivity index (χ3v) is 3.01. The van der Waals surface area contributed by atoms with E-state index in [0.29, 0.717) is 17.2 Å². The second kappa shape index (κ2) is 6.73. The third-order valence-electron chi connectivity index (χ3n) is 1.98. The Labute approximate surface area is 106 Å². The van der Waals surface area contributed by atoms with Crippen molar-refractivity contribution in [2.24, 2.45) is 5.73 Å². The van der Waals surface area contributed by atoms with Gasteiger partial charge in [-0.05, 0) is 19.9 Å². The Morgan fingerprint density at radius 2 is 2.31 bits per heavy atom. The number of amides is 1. The summed E-state index contributed by atoms with van der Waals surface area (Å²) >= 11 is 1.42. The van der Waals surface area contributed by atoms with Crippen LogP contribution in [0, 0.1) is 6.92 Å². The molecule has 0 saturated carbocycles. The van der Waals surface area contributed by atoms with Crippen LogP contribution in [0.5, 0.6) is 5.75 Å². The van der Waals surface area contributed by atoms with Crippen LogP contribution in [0.25, 0.3) is 0 Å². The van der Waals surface area contributed by atoms with Gasteiger partial charge in [0.1, 0.15) is 10.6 Å². The van der Waals surface area contributed by atoms with Crippen LogP contribution in [0.15, 0.2) is 6.07 Å². The van der Waals surface area contributed by atoms with E-state index in [2.05, 4.69) is 5.32 Å². The lowest BCUT2D eigenvalue weighted by Crippen LogP contribution is -2.37. The van der Waals surface area contributed by atoms with Crippen LogP contribution >= 0.6 is 23.7 Å². The average Bonchev–Trinajstić information content (AvgIpc) is 2.59. The molecule has 1 amide bonds. The van der Waals surface area contributed by atoms with Crippen LogP contribution < -0.4 is 15.8 Å². The van der Waals surface area contributed by atoms with E-state index in [1.807, 2.05) is 19.9 Å². The molecule has 3 N–H and O–H groups in total. The fourth-order valence-electron chi connectivity index (χ4n) is 1.15. The zero-order valence-corrected chi connectivity index (χ0v) is 11.2. The fraction of sp³-hybridized carbons (Fsp3) is 0.500. The summed E-state index contributed by atoms with van der Waals surface area (Å²) in [5.74, 6) is 0.502. The van der Waals surface area contributed by atoms with Gasteiger partial charge < -0.3 is 15.8 Å². The Hall–Kier alpha value is -0.780. The minimum Gasteiger partial charge on any atom is -0.495 e. The normalized spacial score (nSPS) is 11.5. The molecule has 1 heterocycles. The summed E-state index contributed by atoms with van der Waals surface area (Å²) in [5.41, 5.74) is 5.43. The molecule has 0 spiro atoms. The zero-order valence-electron chi connectivity index (χ0n) is 9.57. The lowest BCUT2D eigenvalue weighted by molar-refractivity contribution is 0.0942. The Morgan fingerprint density at radius 1 is 1.69 bits per heavy atom. The number of nitrogens with one attached hydrogen (secondary N) is 1. The lowest BCUT2D eigenvalue weighted by atomic mass is 10.3. The monoisotopic (exact) mass is 264 g/mol. The summed E-state index contributed by atoms with van der Waals surface area (Å²) in [6.07, 6.45) is 0. The van der Waals surface area contributed by atoms with Crippen molar-refractivity contribution in [3.63, 3.8) is 0 Å². The molecule has 0 aliphatic heterocycles. The first-order valence-corrected chi connectivity index (χ1v) is 5.55. The third kappa shape index (κ3) is 3.66. The second-order valence-electron chi connectivity index (χ2n) is 3.36. The van der Waals surface area contributed by atoms with E-state index in [9.17, 15) is 4.79 Å². The van der Waals surface area contributed by atoms with Crippen LogP contribution in [-0.2, 0) is 0 Å². The number of hydrogen-bond acceptors (Lipinski definition) is 4. The van der Waals surface area contributed by atoms with Gasteiger partial charge in [-0.15, -0.1) is 23.7 Å². The molecule has 1 rings (SSSR count). The van der Waals surface area contributed by atoms with Gasteiger partial charge in [0, 0.05) is 17.5 Å². The number of carbonyl (C=O) groups is 1. The molecular weight excluding hydrogens is 248 g/mol. The number of hydrogen-bond donors (Lipinski definition) is 2. The minimum atomic E-state index is -0.122. The van der Waals surface area contributed by atoms with Gasteiger partial charge in [0.2, 0.25) is 0 Å². The molecule has 1 aromatic rings. The SMILES string of the molecule is COc1cc(C)sc1C(=O)N[C@@H](C)CN.Cl. The second-order valence-corrected chi connectivity index (χ2v) is 4.62. The molecule has 0 bridgehead atoms.